The van der Waals surface area contributed by atoms with Gasteiger partial charge in [-0.15, -0.1) is 0 Å². The molecular weight excluding hydrogens is 248 g/mol. The molecule has 3 N–H and O–H groups in total. The Morgan fingerprint density at radius 2 is 2.39 bits per heavy atom. The van der Waals surface area contributed by atoms with Crippen LogP contribution >= 0.6 is 11.3 Å². The molecule has 6 heteroatoms. The molecule has 94 valence electrons. The van der Waals surface area contributed by atoms with Crippen molar-refractivity contribution in [1.82, 2.24) is 9.97 Å². The molecule has 5 nitrogen and oxygen atoms in total. The van der Waals surface area contributed by atoms with Crippen molar-refractivity contribution in [2.75, 3.05) is 17.6 Å². The highest BCUT2D eigenvalue weighted by atomic mass is 32.1. The zero-order valence-corrected chi connectivity index (χ0v) is 10.8. The molecule has 0 amide bonds. The third-order valence-corrected chi connectivity index (χ3v) is 3.34. The van der Waals surface area contributed by atoms with Crippen molar-refractivity contribution >= 4 is 28.1 Å². The van der Waals surface area contributed by atoms with Crippen LogP contribution in [-0.2, 0) is 0 Å². The molecule has 0 saturated heterocycles. The number of hydrogen-bond acceptors (Lipinski definition) is 6. The Morgan fingerprint density at radius 1 is 1.56 bits per heavy atom. The van der Waals surface area contributed by atoms with Crippen molar-refractivity contribution in [3.05, 3.63) is 35.0 Å². The van der Waals surface area contributed by atoms with E-state index in [9.17, 15) is 4.79 Å². The maximum Gasteiger partial charge on any atom is 0.208 e. The average Bonchev–Trinajstić information content (AvgIpc) is 2.78. The summed E-state index contributed by atoms with van der Waals surface area (Å²) in [6.07, 6.45) is 4.15. The number of carbonyl (C=O) groups is 1. The number of nitrogen functional groups attached to an aromatic ring is 1. The molecule has 2 rings (SSSR count). The van der Waals surface area contributed by atoms with Gasteiger partial charge in [-0.2, -0.15) is 0 Å². The maximum atomic E-state index is 12.2. The van der Waals surface area contributed by atoms with E-state index < -0.39 is 0 Å². The van der Waals surface area contributed by atoms with Crippen LogP contribution < -0.4 is 11.1 Å². The van der Waals surface area contributed by atoms with Gasteiger partial charge in [-0.05, 0) is 18.6 Å². The summed E-state index contributed by atoms with van der Waals surface area (Å²) in [4.78, 5) is 20.7. The van der Waals surface area contributed by atoms with Crippen molar-refractivity contribution in [2.45, 2.75) is 13.3 Å². The lowest BCUT2D eigenvalue weighted by atomic mass is 10.2. The molecule has 0 spiro atoms. The lowest BCUT2D eigenvalue weighted by Crippen LogP contribution is -2.02. The summed E-state index contributed by atoms with van der Waals surface area (Å²) in [6, 6.07) is 3.44. The second kappa shape index (κ2) is 5.59. The Bertz CT molecular complexity index is 538. The van der Waals surface area contributed by atoms with E-state index in [0.29, 0.717) is 15.6 Å². The summed E-state index contributed by atoms with van der Waals surface area (Å²) in [7, 11) is 0. The van der Waals surface area contributed by atoms with Gasteiger partial charge in [0, 0.05) is 24.5 Å². The molecule has 0 aromatic carbocycles. The summed E-state index contributed by atoms with van der Waals surface area (Å²) in [5, 5.41) is 3.80. The maximum absolute atomic E-state index is 12.2. The second-order valence-electron chi connectivity index (χ2n) is 3.73. The fraction of sp³-hybridized carbons (Fsp3) is 0.250. The number of thiazole rings is 1. The van der Waals surface area contributed by atoms with Gasteiger partial charge in [0.1, 0.15) is 10.7 Å². The molecule has 0 aliphatic carbocycles. The predicted octanol–water partition coefficient (Wildman–Crippen LogP) is 2.17. The largest absolute Gasteiger partial charge is 0.382 e. The van der Waals surface area contributed by atoms with Crippen LogP contribution in [0.2, 0.25) is 0 Å². The summed E-state index contributed by atoms with van der Waals surface area (Å²) in [5.74, 6) is 0.134. The van der Waals surface area contributed by atoms with E-state index >= 15 is 0 Å². The van der Waals surface area contributed by atoms with Gasteiger partial charge < -0.3 is 11.1 Å². The number of hydrogen-bond donors (Lipinski definition) is 2. The number of rotatable bonds is 5. The Hall–Kier alpha value is -1.95. The van der Waals surface area contributed by atoms with Crippen molar-refractivity contribution < 1.29 is 4.79 Å². The van der Waals surface area contributed by atoms with E-state index in [1.807, 2.05) is 0 Å². The van der Waals surface area contributed by atoms with Crippen LogP contribution in [0, 0.1) is 0 Å². The van der Waals surface area contributed by atoms with Crippen LogP contribution in [0.5, 0.6) is 0 Å². The zero-order chi connectivity index (χ0) is 13.0. The Morgan fingerprint density at radius 3 is 3.06 bits per heavy atom. The van der Waals surface area contributed by atoms with Gasteiger partial charge in [-0.1, -0.05) is 18.3 Å². The first-order valence-electron chi connectivity index (χ1n) is 5.67. The van der Waals surface area contributed by atoms with Gasteiger partial charge in [0.05, 0.1) is 0 Å². The molecule has 2 aromatic heterocycles. The zero-order valence-electron chi connectivity index (χ0n) is 10.0. The smallest absolute Gasteiger partial charge is 0.208 e. The number of anilines is 2. The number of ketones is 1. The van der Waals surface area contributed by atoms with E-state index in [-0.39, 0.29) is 11.6 Å². The van der Waals surface area contributed by atoms with E-state index in [1.165, 1.54) is 17.5 Å². The normalized spacial score (nSPS) is 10.3. The van der Waals surface area contributed by atoms with E-state index in [1.54, 1.807) is 18.3 Å². The van der Waals surface area contributed by atoms with E-state index in [2.05, 4.69) is 22.2 Å². The average molecular weight is 262 g/mol. The number of pyridine rings is 1. The van der Waals surface area contributed by atoms with Crippen molar-refractivity contribution in [1.29, 1.82) is 0 Å². The van der Waals surface area contributed by atoms with Crippen LogP contribution in [-0.4, -0.2) is 22.3 Å². The second-order valence-corrected chi connectivity index (χ2v) is 4.73. The molecule has 2 heterocycles. The highest BCUT2D eigenvalue weighted by Crippen LogP contribution is 2.27. The lowest BCUT2D eigenvalue weighted by Gasteiger charge is -1.97. The topological polar surface area (TPSA) is 80.9 Å². The Balaban J connectivity index is 2.23. The fourth-order valence-electron chi connectivity index (χ4n) is 1.43. The third kappa shape index (κ3) is 2.65. The van der Waals surface area contributed by atoms with Crippen LogP contribution in [0.15, 0.2) is 24.5 Å². The molecule has 0 atom stereocenters. The summed E-state index contributed by atoms with van der Waals surface area (Å²) >= 11 is 1.28. The quantitative estimate of drug-likeness (QED) is 0.807. The minimum Gasteiger partial charge on any atom is -0.382 e. The standard InChI is InChI=1S/C12H14N4OS/c1-2-5-15-12-16-11(13)10(18-12)9(17)8-4-3-6-14-7-8/h3-4,6-7H,2,5,13H2,1H3,(H,15,16). The highest BCUT2D eigenvalue weighted by Gasteiger charge is 2.17. The molecule has 0 fully saturated rings. The number of carbonyl (C=O) groups excluding carboxylic acids is 1. The van der Waals surface area contributed by atoms with Crippen LogP contribution in [0.3, 0.4) is 0 Å². The molecule has 18 heavy (non-hydrogen) atoms. The van der Waals surface area contributed by atoms with Gasteiger partial charge >= 0.3 is 0 Å². The SMILES string of the molecule is CCCNc1nc(N)c(C(=O)c2cccnc2)s1. The first-order valence-corrected chi connectivity index (χ1v) is 6.49. The van der Waals surface area contributed by atoms with Gasteiger partial charge in [0.15, 0.2) is 5.13 Å². The molecule has 0 saturated carbocycles. The molecule has 0 aliphatic heterocycles. The van der Waals surface area contributed by atoms with Crippen LogP contribution in [0.1, 0.15) is 28.6 Å². The van der Waals surface area contributed by atoms with Crippen LogP contribution in [0.4, 0.5) is 10.9 Å². The first kappa shape index (κ1) is 12.5. The minimum absolute atomic E-state index is 0.136. The number of nitrogens with zero attached hydrogens (tertiary/aromatic N) is 2. The fourth-order valence-corrected chi connectivity index (χ4v) is 2.30. The molecule has 0 bridgehead atoms. The Kier molecular flexibility index (Phi) is 3.88. The van der Waals surface area contributed by atoms with Gasteiger partial charge in [-0.25, -0.2) is 4.98 Å². The molecule has 0 unspecified atom stereocenters. The monoisotopic (exact) mass is 262 g/mol. The summed E-state index contributed by atoms with van der Waals surface area (Å²) < 4.78 is 0. The van der Waals surface area contributed by atoms with Crippen molar-refractivity contribution in [2.24, 2.45) is 0 Å². The van der Waals surface area contributed by atoms with Gasteiger partial charge in [-0.3, -0.25) is 9.78 Å². The van der Waals surface area contributed by atoms with Gasteiger partial charge in [0.2, 0.25) is 5.78 Å². The summed E-state index contributed by atoms with van der Waals surface area (Å²) in [6.45, 7) is 2.87. The van der Waals surface area contributed by atoms with Gasteiger partial charge in [0.25, 0.3) is 0 Å². The van der Waals surface area contributed by atoms with E-state index in [0.717, 1.165) is 13.0 Å². The molecule has 2 aromatic rings. The highest BCUT2D eigenvalue weighted by molar-refractivity contribution is 7.18. The molecular formula is C12H14N4OS. The number of aromatic nitrogens is 2. The first-order chi connectivity index (χ1) is 8.72. The van der Waals surface area contributed by atoms with Crippen molar-refractivity contribution in [3.63, 3.8) is 0 Å². The molecule has 0 aliphatic rings. The predicted molar refractivity (Wildman–Crippen MR) is 73.0 cm³/mol. The van der Waals surface area contributed by atoms with E-state index in [4.69, 9.17) is 5.73 Å². The number of nitrogens with one attached hydrogen (secondary N) is 1. The van der Waals surface area contributed by atoms with Crippen molar-refractivity contribution in [3.8, 4) is 0 Å². The Labute approximate surface area is 109 Å². The van der Waals surface area contributed by atoms with Crippen LogP contribution in [0.25, 0.3) is 0 Å². The lowest BCUT2D eigenvalue weighted by molar-refractivity contribution is 0.104. The third-order valence-electron chi connectivity index (χ3n) is 2.31. The molecule has 0 radical (unpaired) electrons. The number of nitrogens with two attached hydrogens (primary N) is 1. The summed E-state index contributed by atoms with van der Waals surface area (Å²) in [5.41, 5.74) is 6.29. The minimum atomic E-state index is -0.136.